The topological polar surface area (TPSA) is 108 Å². The Bertz CT molecular complexity index is 989. The molecule has 3 N–H and O–H groups in total. The summed E-state index contributed by atoms with van der Waals surface area (Å²) in [5.41, 5.74) is 1.74. The first-order valence-electron chi connectivity index (χ1n) is 9.08. The zero-order valence-corrected chi connectivity index (χ0v) is 16.4. The van der Waals surface area contributed by atoms with Crippen molar-refractivity contribution in [3.63, 3.8) is 0 Å². The van der Waals surface area contributed by atoms with Crippen LogP contribution < -0.4 is 16.0 Å². The summed E-state index contributed by atoms with van der Waals surface area (Å²) in [7, 11) is 1.36. The Morgan fingerprint density at radius 2 is 1.69 bits per heavy atom. The molecule has 1 fully saturated rings. The minimum atomic E-state index is -1.45. The highest BCUT2D eigenvalue weighted by atomic mass is 16.2. The predicted molar refractivity (Wildman–Crippen MR) is 106 cm³/mol. The molecule has 1 aliphatic rings. The van der Waals surface area contributed by atoms with Crippen molar-refractivity contribution in [1.82, 2.24) is 20.9 Å². The van der Waals surface area contributed by atoms with Crippen molar-refractivity contribution in [2.75, 3.05) is 13.6 Å². The molecule has 1 heterocycles. The highest BCUT2D eigenvalue weighted by Crippen LogP contribution is 2.36. The smallest absolute Gasteiger partial charge is 0.326 e. The minimum Gasteiger partial charge on any atom is -0.341 e. The Balaban J connectivity index is 2.05. The van der Waals surface area contributed by atoms with Crippen LogP contribution in [0.2, 0.25) is 0 Å². The largest absolute Gasteiger partial charge is 0.341 e. The molecule has 0 radical (unpaired) electrons. The van der Waals surface area contributed by atoms with Crippen LogP contribution in [0.4, 0.5) is 9.59 Å². The van der Waals surface area contributed by atoms with E-state index < -0.39 is 36.0 Å². The fourth-order valence-electron chi connectivity index (χ4n) is 3.31. The molecule has 1 saturated heterocycles. The Kier molecular flexibility index (Phi) is 5.36. The molecule has 0 saturated carbocycles. The van der Waals surface area contributed by atoms with Gasteiger partial charge < -0.3 is 10.6 Å². The number of nitrogens with zero attached hydrogens (tertiary/aromatic N) is 1. The molecule has 1 atom stereocenters. The van der Waals surface area contributed by atoms with Gasteiger partial charge in [0.2, 0.25) is 5.91 Å². The Morgan fingerprint density at radius 3 is 2.31 bits per heavy atom. The van der Waals surface area contributed by atoms with E-state index in [2.05, 4.69) is 16.0 Å². The predicted octanol–water partition coefficient (Wildman–Crippen LogP) is 1.55. The number of nitrogens with one attached hydrogen (secondary N) is 3. The molecule has 8 heteroatoms. The lowest BCUT2D eigenvalue weighted by atomic mass is 9.81. The Hall–Kier alpha value is -3.68. The maximum atomic E-state index is 13.5. The van der Waals surface area contributed by atoms with E-state index in [0.717, 1.165) is 16.0 Å². The molecule has 0 spiro atoms. The second-order valence-electron chi connectivity index (χ2n) is 6.86. The highest BCUT2D eigenvalue weighted by Gasteiger charge is 2.54. The quantitative estimate of drug-likeness (QED) is 0.684. The van der Waals surface area contributed by atoms with E-state index in [-0.39, 0.29) is 0 Å². The molecule has 0 aromatic heterocycles. The van der Waals surface area contributed by atoms with Crippen LogP contribution in [0.3, 0.4) is 0 Å². The Labute approximate surface area is 168 Å². The fraction of sp³-hybridized carbons (Fsp3) is 0.238. The summed E-state index contributed by atoms with van der Waals surface area (Å²) < 4.78 is 0. The normalized spacial score (nSPS) is 18.4. The van der Waals surface area contributed by atoms with Gasteiger partial charge in [0.1, 0.15) is 6.54 Å². The molecule has 1 aliphatic heterocycles. The third kappa shape index (κ3) is 3.56. The molecule has 6 amide bonds. The van der Waals surface area contributed by atoms with Crippen molar-refractivity contribution in [1.29, 1.82) is 0 Å². The third-order valence-corrected chi connectivity index (χ3v) is 5.03. The average Bonchev–Trinajstić information content (AvgIpc) is 2.96. The van der Waals surface area contributed by atoms with Gasteiger partial charge in [-0.25, -0.2) is 9.59 Å². The van der Waals surface area contributed by atoms with Crippen LogP contribution in [0.25, 0.3) is 0 Å². The van der Waals surface area contributed by atoms with E-state index in [1.165, 1.54) is 7.05 Å². The number of aryl methyl sites for hydroxylation is 2. The van der Waals surface area contributed by atoms with Crippen LogP contribution in [0.5, 0.6) is 0 Å². The number of imide groups is 2. The summed E-state index contributed by atoms with van der Waals surface area (Å²) in [5, 5.41) is 7.08. The van der Waals surface area contributed by atoms with Crippen molar-refractivity contribution in [3.8, 4) is 0 Å². The van der Waals surface area contributed by atoms with Crippen molar-refractivity contribution in [2.45, 2.75) is 19.4 Å². The number of urea groups is 2. The highest BCUT2D eigenvalue weighted by molar-refractivity contribution is 6.12. The van der Waals surface area contributed by atoms with Crippen LogP contribution in [-0.2, 0) is 15.1 Å². The van der Waals surface area contributed by atoms with Gasteiger partial charge in [-0.3, -0.25) is 19.8 Å². The fourth-order valence-corrected chi connectivity index (χ4v) is 3.31. The number of rotatable bonds is 4. The van der Waals surface area contributed by atoms with Gasteiger partial charge in [-0.2, -0.15) is 0 Å². The maximum Gasteiger partial charge on any atom is 0.326 e. The summed E-state index contributed by atoms with van der Waals surface area (Å²) >= 11 is 0. The summed E-state index contributed by atoms with van der Waals surface area (Å²) in [6, 6.07) is 13.0. The summed E-state index contributed by atoms with van der Waals surface area (Å²) in [6.07, 6.45) is 0. The van der Waals surface area contributed by atoms with Crippen molar-refractivity contribution >= 4 is 23.9 Å². The maximum absolute atomic E-state index is 13.5. The van der Waals surface area contributed by atoms with Crippen LogP contribution in [0.1, 0.15) is 22.3 Å². The molecule has 8 nitrogen and oxygen atoms in total. The number of carbonyl (C=O) groups excluding carboxylic acids is 4. The standard InChI is InChI=1S/C21H22N4O4/c1-13-9-10-16(11-14(13)2)21(15-7-5-4-6-8-15)18(27)25(20(29)24-21)12-17(26)23-19(28)22-3/h4-11H,12H2,1-3H3,(H,24,29)(H2,22,23,26,28)/t21-/m0/s1. The molecule has 0 unspecified atom stereocenters. The van der Waals surface area contributed by atoms with Gasteiger partial charge in [0.05, 0.1) is 0 Å². The monoisotopic (exact) mass is 394 g/mol. The van der Waals surface area contributed by atoms with Crippen molar-refractivity contribution in [2.24, 2.45) is 0 Å². The van der Waals surface area contributed by atoms with Crippen LogP contribution in [0.15, 0.2) is 48.5 Å². The van der Waals surface area contributed by atoms with Crippen molar-refractivity contribution < 1.29 is 19.2 Å². The van der Waals surface area contributed by atoms with Crippen molar-refractivity contribution in [3.05, 3.63) is 70.8 Å². The Morgan fingerprint density at radius 1 is 1.00 bits per heavy atom. The van der Waals surface area contributed by atoms with Gasteiger partial charge in [-0.15, -0.1) is 0 Å². The first-order chi connectivity index (χ1) is 13.8. The molecular formula is C21H22N4O4. The SMILES string of the molecule is CNC(=O)NC(=O)CN1C(=O)N[C@@](c2ccccc2)(c2ccc(C)c(C)c2)C1=O. The van der Waals surface area contributed by atoms with Crippen LogP contribution >= 0.6 is 0 Å². The summed E-state index contributed by atoms with van der Waals surface area (Å²) in [4.78, 5) is 50.5. The van der Waals surface area contributed by atoms with E-state index in [1.54, 1.807) is 30.3 Å². The second-order valence-corrected chi connectivity index (χ2v) is 6.86. The lowest BCUT2D eigenvalue weighted by Crippen LogP contribution is -2.47. The van der Waals surface area contributed by atoms with Gasteiger partial charge >= 0.3 is 12.1 Å². The summed E-state index contributed by atoms with van der Waals surface area (Å²) in [5.74, 6) is -1.35. The lowest BCUT2D eigenvalue weighted by Gasteiger charge is -2.28. The molecule has 2 aromatic rings. The van der Waals surface area contributed by atoms with E-state index in [4.69, 9.17) is 0 Å². The zero-order valence-electron chi connectivity index (χ0n) is 16.4. The number of hydrogen-bond donors (Lipinski definition) is 3. The van der Waals surface area contributed by atoms with Gasteiger partial charge in [0.25, 0.3) is 5.91 Å². The molecule has 29 heavy (non-hydrogen) atoms. The molecule has 0 aliphatic carbocycles. The van der Waals surface area contributed by atoms with Gasteiger partial charge in [0, 0.05) is 7.05 Å². The van der Waals surface area contributed by atoms with E-state index in [1.807, 2.05) is 32.0 Å². The number of carbonyl (C=O) groups is 4. The van der Waals surface area contributed by atoms with Crippen LogP contribution in [-0.4, -0.2) is 42.4 Å². The minimum absolute atomic E-state index is 0.572. The number of benzene rings is 2. The van der Waals surface area contributed by atoms with E-state index in [0.29, 0.717) is 11.1 Å². The number of amides is 6. The molecule has 3 rings (SSSR count). The summed E-state index contributed by atoms with van der Waals surface area (Å²) in [6.45, 7) is 3.31. The van der Waals surface area contributed by atoms with Crippen LogP contribution in [0, 0.1) is 13.8 Å². The second kappa shape index (κ2) is 7.75. The van der Waals surface area contributed by atoms with Gasteiger partial charge in [0.15, 0.2) is 5.54 Å². The zero-order chi connectivity index (χ0) is 21.2. The lowest BCUT2D eigenvalue weighted by molar-refractivity contribution is -0.134. The number of hydrogen-bond acceptors (Lipinski definition) is 4. The molecule has 2 aromatic carbocycles. The molecule has 150 valence electrons. The third-order valence-electron chi connectivity index (χ3n) is 5.03. The van der Waals surface area contributed by atoms with E-state index in [9.17, 15) is 19.2 Å². The first kappa shape index (κ1) is 20.1. The molecular weight excluding hydrogens is 372 g/mol. The first-order valence-corrected chi connectivity index (χ1v) is 9.08. The average molecular weight is 394 g/mol. The van der Waals surface area contributed by atoms with Gasteiger partial charge in [-0.05, 0) is 36.1 Å². The van der Waals surface area contributed by atoms with Gasteiger partial charge in [-0.1, -0.05) is 48.5 Å². The van der Waals surface area contributed by atoms with E-state index >= 15 is 0 Å². The molecule has 0 bridgehead atoms.